The van der Waals surface area contributed by atoms with Crippen molar-refractivity contribution in [1.29, 1.82) is 0 Å². The quantitative estimate of drug-likeness (QED) is 0.626. The van der Waals surface area contributed by atoms with Gasteiger partial charge in [0.25, 0.3) is 5.91 Å². The second-order valence-corrected chi connectivity index (χ2v) is 3.73. The average Bonchev–Trinajstić information content (AvgIpc) is 2.29. The third kappa shape index (κ3) is 3.52. The first-order valence-corrected chi connectivity index (χ1v) is 5.50. The molecule has 0 saturated carbocycles. The van der Waals surface area contributed by atoms with E-state index in [1.165, 1.54) is 6.92 Å². The summed E-state index contributed by atoms with van der Waals surface area (Å²) in [5, 5.41) is 2.47. The monoisotopic (exact) mass is 233 g/mol. The van der Waals surface area contributed by atoms with Crippen LogP contribution < -0.4 is 5.32 Å². The number of para-hydroxylation sites is 1. The molecule has 17 heavy (non-hydrogen) atoms. The summed E-state index contributed by atoms with van der Waals surface area (Å²) >= 11 is 0. The smallest absolute Gasteiger partial charge is 0.291 e. The van der Waals surface area contributed by atoms with Gasteiger partial charge in [0.05, 0.1) is 5.69 Å². The fourth-order valence-electron chi connectivity index (χ4n) is 1.43. The number of Topliss-reactive ketones (excluding diaryl/α,β-unsaturated/α-hetero) is 2. The molecule has 0 atom stereocenters. The fraction of sp³-hybridized carbons (Fsp3) is 0.308. The molecule has 1 aromatic rings. The minimum atomic E-state index is -0.666. The van der Waals surface area contributed by atoms with Crippen molar-refractivity contribution >= 4 is 23.2 Å². The first kappa shape index (κ1) is 13.1. The van der Waals surface area contributed by atoms with Gasteiger partial charge >= 0.3 is 0 Å². The Labute approximate surface area is 100 Å². The van der Waals surface area contributed by atoms with E-state index in [1.54, 1.807) is 24.3 Å². The van der Waals surface area contributed by atoms with Crippen molar-refractivity contribution in [1.82, 2.24) is 0 Å². The summed E-state index contributed by atoms with van der Waals surface area (Å²) < 4.78 is 0. The van der Waals surface area contributed by atoms with Gasteiger partial charge in [-0.2, -0.15) is 0 Å². The number of hydrogen-bond donors (Lipinski definition) is 1. The lowest BCUT2D eigenvalue weighted by Gasteiger charge is -2.07. The van der Waals surface area contributed by atoms with Crippen LogP contribution in [-0.2, 0) is 9.59 Å². The predicted octanol–water partition coefficient (Wildman–Crippen LogP) is 2.20. The molecule has 0 aromatic heterocycles. The average molecular weight is 233 g/mol. The van der Waals surface area contributed by atoms with Gasteiger partial charge in [0.15, 0.2) is 5.78 Å². The summed E-state index contributed by atoms with van der Waals surface area (Å²) in [5.74, 6) is -1.28. The van der Waals surface area contributed by atoms with Crippen LogP contribution >= 0.6 is 0 Å². The van der Waals surface area contributed by atoms with Crippen LogP contribution in [0.1, 0.15) is 37.0 Å². The third-order valence-corrected chi connectivity index (χ3v) is 2.28. The van der Waals surface area contributed by atoms with E-state index in [0.29, 0.717) is 17.7 Å². The minimum absolute atomic E-state index is 0.149. The van der Waals surface area contributed by atoms with Crippen LogP contribution in [0.2, 0.25) is 0 Å². The molecular formula is C13H15NO3. The first-order chi connectivity index (χ1) is 8.06. The lowest BCUT2D eigenvalue weighted by molar-refractivity contribution is -0.134. The summed E-state index contributed by atoms with van der Waals surface area (Å²) in [4.78, 5) is 34.1. The SMILES string of the molecule is CCCC(=O)C(=O)Nc1ccccc1C(C)=O. The highest BCUT2D eigenvalue weighted by atomic mass is 16.2. The molecule has 0 saturated heterocycles. The van der Waals surface area contributed by atoms with Crippen LogP contribution in [0.15, 0.2) is 24.3 Å². The van der Waals surface area contributed by atoms with Gasteiger partial charge in [-0.05, 0) is 25.5 Å². The van der Waals surface area contributed by atoms with Crippen LogP contribution in [-0.4, -0.2) is 17.5 Å². The highest BCUT2D eigenvalue weighted by Gasteiger charge is 2.15. The number of amides is 1. The molecule has 0 radical (unpaired) electrons. The normalized spacial score (nSPS) is 9.76. The lowest BCUT2D eigenvalue weighted by atomic mass is 10.1. The number of hydrogen-bond acceptors (Lipinski definition) is 3. The highest BCUT2D eigenvalue weighted by Crippen LogP contribution is 2.15. The molecule has 0 aliphatic carbocycles. The van der Waals surface area contributed by atoms with Crippen molar-refractivity contribution in [2.45, 2.75) is 26.7 Å². The molecule has 1 N–H and O–H groups in total. The van der Waals surface area contributed by atoms with E-state index in [2.05, 4.69) is 5.32 Å². The molecule has 0 spiro atoms. The maximum Gasteiger partial charge on any atom is 0.291 e. The maximum atomic E-state index is 11.5. The molecule has 0 fully saturated rings. The lowest BCUT2D eigenvalue weighted by Crippen LogP contribution is -2.23. The van der Waals surface area contributed by atoms with Crippen LogP contribution in [0.3, 0.4) is 0 Å². The molecule has 0 unspecified atom stereocenters. The minimum Gasteiger partial charge on any atom is -0.319 e. The van der Waals surface area contributed by atoms with Crippen LogP contribution in [0.4, 0.5) is 5.69 Å². The number of benzene rings is 1. The van der Waals surface area contributed by atoms with Crippen molar-refractivity contribution in [3.8, 4) is 0 Å². The fourth-order valence-corrected chi connectivity index (χ4v) is 1.43. The molecule has 0 aliphatic rings. The first-order valence-electron chi connectivity index (χ1n) is 5.50. The Morgan fingerprint density at radius 2 is 1.82 bits per heavy atom. The topological polar surface area (TPSA) is 63.2 Å². The van der Waals surface area contributed by atoms with Crippen LogP contribution in [0.25, 0.3) is 0 Å². The summed E-state index contributed by atoms with van der Waals surface area (Å²) in [6, 6.07) is 6.63. The number of carbonyl (C=O) groups excluding carboxylic acids is 3. The molecular weight excluding hydrogens is 218 g/mol. The van der Waals surface area contributed by atoms with Gasteiger partial charge in [0.2, 0.25) is 5.78 Å². The Hall–Kier alpha value is -1.97. The Morgan fingerprint density at radius 3 is 2.41 bits per heavy atom. The van der Waals surface area contributed by atoms with E-state index in [9.17, 15) is 14.4 Å². The molecule has 1 amide bonds. The summed E-state index contributed by atoms with van der Waals surface area (Å²) in [7, 11) is 0. The third-order valence-electron chi connectivity index (χ3n) is 2.28. The highest BCUT2D eigenvalue weighted by molar-refractivity contribution is 6.40. The van der Waals surface area contributed by atoms with Crippen LogP contribution in [0, 0.1) is 0 Å². The summed E-state index contributed by atoms with van der Waals surface area (Å²) in [5.41, 5.74) is 0.791. The van der Waals surface area contributed by atoms with Crippen molar-refractivity contribution in [3.63, 3.8) is 0 Å². The Balaban J connectivity index is 2.85. The molecule has 0 bridgehead atoms. The molecule has 4 heteroatoms. The van der Waals surface area contributed by atoms with Gasteiger partial charge in [-0.3, -0.25) is 14.4 Å². The van der Waals surface area contributed by atoms with Gasteiger partial charge in [-0.1, -0.05) is 19.1 Å². The largest absolute Gasteiger partial charge is 0.319 e. The second kappa shape index (κ2) is 5.94. The van der Waals surface area contributed by atoms with Crippen molar-refractivity contribution < 1.29 is 14.4 Å². The number of carbonyl (C=O) groups is 3. The molecule has 1 rings (SSSR count). The number of nitrogens with one attached hydrogen (secondary N) is 1. The maximum absolute atomic E-state index is 11.5. The Morgan fingerprint density at radius 1 is 1.18 bits per heavy atom. The molecule has 90 valence electrons. The zero-order chi connectivity index (χ0) is 12.8. The van der Waals surface area contributed by atoms with E-state index >= 15 is 0 Å². The number of anilines is 1. The number of ketones is 2. The van der Waals surface area contributed by atoms with Gasteiger partial charge in [0, 0.05) is 12.0 Å². The zero-order valence-electron chi connectivity index (χ0n) is 9.95. The van der Waals surface area contributed by atoms with Crippen molar-refractivity contribution in [3.05, 3.63) is 29.8 Å². The van der Waals surface area contributed by atoms with Crippen LogP contribution in [0.5, 0.6) is 0 Å². The molecule has 0 heterocycles. The Bertz CT molecular complexity index is 452. The molecule has 4 nitrogen and oxygen atoms in total. The van der Waals surface area contributed by atoms with E-state index < -0.39 is 11.7 Å². The second-order valence-electron chi connectivity index (χ2n) is 3.73. The Kier molecular flexibility index (Phi) is 4.57. The van der Waals surface area contributed by atoms with Crippen molar-refractivity contribution in [2.24, 2.45) is 0 Å². The van der Waals surface area contributed by atoms with E-state index in [-0.39, 0.29) is 12.2 Å². The molecule has 1 aromatic carbocycles. The van der Waals surface area contributed by atoms with Gasteiger partial charge in [0.1, 0.15) is 0 Å². The van der Waals surface area contributed by atoms with Gasteiger partial charge < -0.3 is 5.32 Å². The molecule has 0 aliphatic heterocycles. The van der Waals surface area contributed by atoms with E-state index in [1.807, 2.05) is 6.92 Å². The summed E-state index contributed by atoms with van der Waals surface area (Å²) in [6.45, 7) is 3.24. The zero-order valence-corrected chi connectivity index (χ0v) is 9.95. The van der Waals surface area contributed by atoms with Gasteiger partial charge in [-0.15, -0.1) is 0 Å². The van der Waals surface area contributed by atoms with E-state index in [4.69, 9.17) is 0 Å². The number of rotatable bonds is 5. The van der Waals surface area contributed by atoms with Crippen molar-refractivity contribution in [2.75, 3.05) is 5.32 Å². The summed E-state index contributed by atoms with van der Waals surface area (Å²) in [6.07, 6.45) is 0.842. The predicted molar refractivity (Wildman–Crippen MR) is 65.0 cm³/mol. The standard InChI is InChI=1S/C13H15NO3/c1-3-6-12(16)13(17)14-11-8-5-4-7-10(11)9(2)15/h4-5,7-8H,3,6H2,1-2H3,(H,14,17). The van der Waals surface area contributed by atoms with Gasteiger partial charge in [-0.25, -0.2) is 0 Å². The van der Waals surface area contributed by atoms with E-state index in [0.717, 1.165) is 0 Å².